The summed E-state index contributed by atoms with van der Waals surface area (Å²) < 4.78 is 40.2. The molecule has 3 nitrogen and oxygen atoms in total. The van der Waals surface area contributed by atoms with Crippen molar-refractivity contribution in [3.63, 3.8) is 0 Å². The summed E-state index contributed by atoms with van der Waals surface area (Å²) in [7, 11) is 0. The lowest BCUT2D eigenvalue weighted by atomic mass is 10.2. The van der Waals surface area contributed by atoms with E-state index in [2.05, 4.69) is 15.5 Å². The average Bonchev–Trinajstić information content (AvgIpc) is 3.02. The lowest BCUT2D eigenvalue weighted by Crippen LogP contribution is -1.95. The van der Waals surface area contributed by atoms with Crippen LogP contribution in [0.1, 0.15) is 0 Å². The Morgan fingerprint density at radius 2 is 1.59 bits per heavy atom. The van der Waals surface area contributed by atoms with Crippen LogP contribution in [-0.4, -0.2) is 10.2 Å². The normalized spacial score (nSPS) is 11.4. The number of fused-ring (bicyclic) bond motifs is 3. The van der Waals surface area contributed by atoms with Gasteiger partial charge in [-0.1, -0.05) is 0 Å². The van der Waals surface area contributed by atoms with Gasteiger partial charge in [0, 0.05) is 17.0 Å². The zero-order chi connectivity index (χ0) is 15.3. The van der Waals surface area contributed by atoms with Crippen molar-refractivity contribution in [2.24, 2.45) is 0 Å². The summed E-state index contributed by atoms with van der Waals surface area (Å²) in [5.41, 5.74) is 1.53. The van der Waals surface area contributed by atoms with E-state index < -0.39 is 11.6 Å². The van der Waals surface area contributed by atoms with Crippen LogP contribution >= 0.6 is 0 Å². The van der Waals surface area contributed by atoms with Gasteiger partial charge in [-0.25, -0.2) is 13.2 Å². The molecule has 2 aromatic carbocycles. The maximum absolute atomic E-state index is 13.7. The van der Waals surface area contributed by atoms with E-state index in [-0.39, 0.29) is 11.5 Å². The van der Waals surface area contributed by atoms with Crippen molar-refractivity contribution in [1.29, 1.82) is 0 Å². The first kappa shape index (κ1) is 12.8. The summed E-state index contributed by atoms with van der Waals surface area (Å²) >= 11 is 0. The predicted octanol–water partition coefficient (Wildman–Crippen LogP) is 4.76. The van der Waals surface area contributed by atoms with Crippen LogP contribution in [-0.2, 0) is 0 Å². The molecule has 0 atom stereocenters. The number of benzene rings is 2. The van der Waals surface area contributed by atoms with E-state index in [1.807, 2.05) is 0 Å². The van der Waals surface area contributed by atoms with E-state index in [0.29, 0.717) is 5.82 Å². The molecule has 1 aliphatic carbocycles. The Labute approximate surface area is 123 Å². The maximum atomic E-state index is 13.7. The zero-order valence-electron chi connectivity index (χ0n) is 11.2. The van der Waals surface area contributed by atoms with Crippen LogP contribution in [0.4, 0.5) is 24.7 Å². The Bertz CT molecular complexity index is 955. The molecule has 0 radical (unpaired) electrons. The van der Waals surface area contributed by atoms with Gasteiger partial charge in [-0.3, -0.25) is 10.2 Å². The summed E-state index contributed by atoms with van der Waals surface area (Å²) in [5.74, 6) is -0.942. The summed E-state index contributed by atoms with van der Waals surface area (Å²) in [6.07, 6.45) is 0. The van der Waals surface area contributed by atoms with Gasteiger partial charge in [-0.2, -0.15) is 0 Å². The second-order valence-electron chi connectivity index (χ2n) is 5.04. The Morgan fingerprint density at radius 3 is 2.45 bits per heavy atom. The lowest BCUT2D eigenvalue weighted by Gasteiger charge is -2.06. The number of H-pyrrole nitrogens is 2. The second-order valence-corrected chi connectivity index (χ2v) is 5.04. The van der Waals surface area contributed by atoms with Gasteiger partial charge in [0.15, 0.2) is 0 Å². The quantitative estimate of drug-likeness (QED) is 0.491. The van der Waals surface area contributed by atoms with Gasteiger partial charge >= 0.3 is 0 Å². The fourth-order valence-electron chi connectivity index (χ4n) is 2.60. The molecular weight excluding hydrogens is 291 g/mol. The number of aromatic amines is 2. The molecule has 0 spiro atoms. The minimum atomic E-state index is -0.564. The summed E-state index contributed by atoms with van der Waals surface area (Å²) in [5, 5.41) is 10.2. The molecule has 0 aromatic heterocycles. The number of rotatable bonds is 2. The fraction of sp³-hybridized carbons (Fsp3) is 0. The Balaban J connectivity index is 1.81. The number of hydrogen-bond acceptors (Lipinski definition) is 1. The summed E-state index contributed by atoms with van der Waals surface area (Å²) in [6.45, 7) is 0. The minimum Gasteiger partial charge on any atom is -0.338 e. The molecular formula is C16H10F3N3. The highest BCUT2D eigenvalue weighted by atomic mass is 19.1. The molecule has 2 aliphatic rings. The van der Waals surface area contributed by atoms with Crippen molar-refractivity contribution in [2.75, 3.05) is 5.32 Å². The van der Waals surface area contributed by atoms with Crippen molar-refractivity contribution in [3.05, 3.63) is 59.9 Å². The largest absolute Gasteiger partial charge is 0.338 e. The van der Waals surface area contributed by atoms with E-state index in [1.165, 1.54) is 12.1 Å². The van der Waals surface area contributed by atoms with Gasteiger partial charge in [0.05, 0.1) is 11.4 Å². The van der Waals surface area contributed by atoms with Crippen LogP contribution in [0.5, 0.6) is 0 Å². The Morgan fingerprint density at radius 1 is 0.818 bits per heavy atom. The minimum absolute atomic E-state index is 0.0218. The van der Waals surface area contributed by atoms with Gasteiger partial charge < -0.3 is 5.32 Å². The fourth-order valence-corrected chi connectivity index (χ4v) is 2.60. The summed E-state index contributed by atoms with van der Waals surface area (Å²) in [6, 6.07) is 9.43. The first-order valence-electron chi connectivity index (χ1n) is 6.62. The number of hydrogen-bond donors (Lipinski definition) is 3. The highest BCUT2D eigenvalue weighted by Gasteiger charge is 2.18. The third kappa shape index (κ3) is 1.92. The van der Waals surface area contributed by atoms with Gasteiger partial charge in [0.25, 0.3) is 0 Å². The van der Waals surface area contributed by atoms with Gasteiger partial charge in [-0.05, 0) is 41.8 Å². The van der Waals surface area contributed by atoms with Crippen molar-refractivity contribution in [2.45, 2.75) is 0 Å². The van der Waals surface area contributed by atoms with Gasteiger partial charge in [0.1, 0.15) is 23.3 Å². The standard InChI is InChI=1S/C16H10F3N3/c17-9-1-3-11-8(5-9)6-12-15(11)21-22-16(12)20-14-7-10(18)2-4-13(14)19/h1-7,20-22H. The second kappa shape index (κ2) is 4.56. The summed E-state index contributed by atoms with van der Waals surface area (Å²) in [4.78, 5) is 0. The van der Waals surface area contributed by atoms with Gasteiger partial charge in [-0.15, -0.1) is 0 Å². The molecule has 0 saturated heterocycles. The number of aromatic nitrogens is 2. The number of nitrogens with one attached hydrogen (secondary N) is 3. The van der Waals surface area contributed by atoms with E-state index in [1.54, 1.807) is 12.1 Å². The van der Waals surface area contributed by atoms with Crippen molar-refractivity contribution < 1.29 is 13.2 Å². The van der Waals surface area contributed by atoms with Crippen molar-refractivity contribution in [1.82, 2.24) is 10.2 Å². The monoisotopic (exact) mass is 301 g/mol. The van der Waals surface area contributed by atoms with Crippen LogP contribution in [0.15, 0.2) is 42.5 Å². The third-order valence-electron chi connectivity index (χ3n) is 3.62. The van der Waals surface area contributed by atoms with Gasteiger partial charge in [0.2, 0.25) is 0 Å². The molecule has 0 fully saturated rings. The molecule has 0 unspecified atom stereocenters. The van der Waals surface area contributed by atoms with Crippen molar-refractivity contribution in [3.8, 4) is 11.3 Å². The Kier molecular flexibility index (Phi) is 2.66. The molecule has 22 heavy (non-hydrogen) atoms. The van der Waals surface area contributed by atoms with E-state index in [0.717, 1.165) is 40.2 Å². The molecule has 6 heteroatoms. The highest BCUT2D eigenvalue weighted by Crippen LogP contribution is 2.38. The molecule has 0 amide bonds. The van der Waals surface area contributed by atoms with Crippen LogP contribution in [0.25, 0.3) is 22.0 Å². The van der Waals surface area contributed by atoms with Crippen LogP contribution < -0.4 is 5.32 Å². The molecule has 0 saturated carbocycles. The lowest BCUT2D eigenvalue weighted by molar-refractivity contribution is 0.603. The zero-order valence-corrected chi connectivity index (χ0v) is 11.2. The van der Waals surface area contributed by atoms with E-state index >= 15 is 0 Å². The first-order valence-corrected chi connectivity index (χ1v) is 6.62. The molecule has 2 aromatic rings. The number of halogens is 3. The topological polar surface area (TPSA) is 43.6 Å². The SMILES string of the molecule is Fc1ccc(F)c(Nc2[nH][nH]c3c4ccc(F)cc4cc2-3)c1. The molecule has 1 aliphatic heterocycles. The van der Waals surface area contributed by atoms with Crippen LogP contribution in [0, 0.1) is 17.5 Å². The molecule has 4 rings (SSSR count). The van der Waals surface area contributed by atoms with Crippen LogP contribution in [0.2, 0.25) is 0 Å². The molecule has 110 valence electrons. The van der Waals surface area contributed by atoms with Crippen LogP contribution in [0.3, 0.4) is 0 Å². The van der Waals surface area contributed by atoms with Crippen molar-refractivity contribution >= 4 is 22.3 Å². The highest BCUT2D eigenvalue weighted by molar-refractivity contribution is 6.04. The van der Waals surface area contributed by atoms with E-state index in [4.69, 9.17) is 0 Å². The third-order valence-corrected chi connectivity index (χ3v) is 3.62. The first-order chi connectivity index (χ1) is 10.6. The molecule has 3 N–H and O–H groups in total. The Hall–Kier alpha value is -2.89. The molecule has 1 heterocycles. The van der Waals surface area contributed by atoms with E-state index in [9.17, 15) is 13.2 Å². The smallest absolute Gasteiger partial charge is 0.146 e. The number of anilines is 2. The molecule has 0 bridgehead atoms. The predicted molar refractivity (Wildman–Crippen MR) is 78.9 cm³/mol. The maximum Gasteiger partial charge on any atom is 0.146 e. The average molecular weight is 301 g/mol.